The largest absolute Gasteiger partial charge is 0.342 e. The lowest BCUT2D eigenvalue weighted by molar-refractivity contribution is -0.130. The summed E-state index contributed by atoms with van der Waals surface area (Å²) < 4.78 is 0. The molecule has 1 N–H and O–H groups in total. The molecular formula is C10H18N2O. The molecular weight excluding hydrogens is 164 g/mol. The maximum atomic E-state index is 11.5. The molecule has 2 saturated heterocycles. The minimum atomic E-state index is 0.323. The van der Waals surface area contributed by atoms with E-state index in [1.54, 1.807) is 0 Å². The Kier molecular flexibility index (Phi) is 2.28. The predicted octanol–water partition coefficient (Wildman–Crippen LogP) is 0.608. The standard InChI is InChI=1S/C10H18N2O/c1-2-9(13)12-6-4-10(8-12)3-5-11-7-10/h11H,2-8H2,1H3/t10-/m0/s1. The van der Waals surface area contributed by atoms with Crippen LogP contribution in [0.3, 0.4) is 0 Å². The number of amides is 1. The SMILES string of the molecule is CCC(=O)N1CC[C@]2(CCNC2)C1. The lowest BCUT2D eigenvalue weighted by atomic mass is 9.87. The zero-order valence-corrected chi connectivity index (χ0v) is 8.31. The van der Waals surface area contributed by atoms with Crippen molar-refractivity contribution >= 4 is 5.91 Å². The lowest BCUT2D eigenvalue weighted by Crippen LogP contribution is -2.32. The van der Waals surface area contributed by atoms with Gasteiger partial charge in [-0.3, -0.25) is 4.79 Å². The summed E-state index contributed by atoms with van der Waals surface area (Å²) in [7, 11) is 0. The number of likely N-dealkylation sites (tertiary alicyclic amines) is 1. The highest BCUT2D eigenvalue weighted by molar-refractivity contribution is 5.76. The molecule has 0 saturated carbocycles. The minimum Gasteiger partial charge on any atom is -0.342 e. The van der Waals surface area contributed by atoms with Crippen LogP contribution >= 0.6 is 0 Å². The highest BCUT2D eigenvalue weighted by atomic mass is 16.2. The fourth-order valence-corrected chi connectivity index (χ4v) is 2.52. The highest BCUT2D eigenvalue weighted by Crippen LogP contribution is 2.35. The summed E-state index contributed by atoms with van der Waals surface area (Å²) in [4.78, 5) is 13.5. The first-order valence-electron chi connectivity index (χ1n) is 5.24. The van der Waals surface area contributed by atoms with Crippen molar-refractivity contribution in [2.45, 2.75) is 26.2 Å². The summed E-state index contributed by atoms with van der Waals surface area (Å²) in [5.41, 5.74) is 0.435. The third kappa shape index (κ3) is 1.57. The second-order valence-corrected chi connectivity index (χ2v) is 4.35. The first kappa shape index (κ1) is 9.00. The number of rotatable bonds is 1. The van der Waals surface area contributed by atoms with E-state index in [0.29, 0.717) is 17.7 Å². The van der Waals surface area contributed by atoms with Gasteiger partial charge >= 0.3 is 0 Å². The van der Waals surface area contributed by atoms with Gasteiger partial charge in [0.25, 0.3) is 0 Å². The van der Waals surface area contributed by atoms with Gasteiger partial charge in [0.2, 0.25) is 5.91 Å². The van der Waals surface area contributed by atoms with Crippen molar-refractivity contribution in [3.8, 4) is 0 Å². The molecule has 1 spiro atoms. The Morgan fingerprint density at radius 2 is 2.38 bits per heavy atom. The quantitative estimate of drug-likeness (QED) is 0.644. The highest BCUT2D eigenvalue weighted by Gasteiger charge is 2.41. The molecule has 0 aromatic heterocycles. The van der Waals surface area contributed by atoms with E-state index in [2.05, 4.69) is 5.32 Å². The number of carbonyl (C=O) groups is 1. The Morgan fingerprint density at radius 3 is 3.00 bits per heavy atom. The zero-order chi connectivity index (χ0) is 9.31. The summed E-state index contributed by atoms with van der Waals surface area (Å²) in [6, 6.07) is 0. The van der Waals surface area contributed by atoms with Crippen LogP contribution in [0, 0.1) is 5.41 Å². The smallest absolute Gasteiger partial charge is 0.222 e. The van der Waals surface area contributed by atoms with Crippen LogP contribution in [-0.2, 0) is 4.79 Å². The summed E-state index contributed by atoms with van der Waals surface area (Å²) in [5.74, 6) is 0.323. The minimum absolute atomic E-state index is 0.323. The summed E-state index contributed by atoms with van der Waals surface area (Å²) in [6.07, 6.45) is 3.11. The van der Waals surface area contributed by atoms with Crippen molar-refractivity contribution < 1.29 is 4.79 Å². The van der Waals surface area contributed by atoms with Crippen LogP contribution in [0.25, 0.3) is 0 Å². The van der Waals surface area contributed by atoms with E-state index in [0.717, 1.165) is 26.2 Å². The van der Waals surface area contributed by atoms with E-state index in [1.807, 2.05) is 11.8 Å². The van der Waals surface area contributed by atoms with Crippen LogP contribution < -0.4 is 5.32 Å². The van der Waals surface area contributed by atoms with Gasteiger partial charge in [-0.25, -0.2) is 0 Å². The lowest BCUT2D eigenvalue weighted by Gasteiger charge is -2.22. The molecule has 1 atom stereocenters. The van der Waals surface area contributed by atoms with Gasteiger partial charge in [0.1, 0.15) is 0 Å². The summed E-state index contributed by atoms with van der Waals surface area (Å²) in [5, 5.41) is 3.39. The van der Waals surface area contributed by atoms with Gasteiger partial charge in [-0.2, -0.15) is 0 Å². The van der Waals surface area contributed by atoms with Gasteiger partial charge in [0, 0.05) is 31.5 Å². The van der Waals surface area contributed by atoms with E-state index in [4.69, 9.17) is 0 Å². The topological polar surface area (TPSA) is 32.3 Å². The summed E-state index contributed by atoms with van der Waals surface area (Å²) >= 11 is 0. The fraction of sp³-hybridized carbons (Fsp3) is 0.900. The second-order valence-electron chi connectivity index (χ2n) is 4.35. The molecule has 2 heterocycles. The molecule has 2 rings (SSSR count). The van der Waals surface area contributed by atoms with E-state index in [9.17, 15) is 4.79 Å². The molecule has 0 radical (unpaired) electrons. The average molecular weight is 182 g/mol. The van der Waals surface area contributed by atoms with Gasteiger partial charge in [-0.15, -0.1) is 0 Å². The molecule has 2 aliphatic heterocycles. The Balaban J connectivity index is 1.96. The second kappa shape index (κ2) is 3.29. The Labute approximate surface area is 79.5 Å². The van der Waals surface area contributed by atoms with Crippen LogP contribution in [0.5, 0.6) is 0 Å². The zero-order valence-electron chi connectivity index (χ0n) is 8.31. The normalized spacial score (nSPS) is 33.2. The van der Waals surface area contributed by atoms with Gasteiger partial charge < -0.3 is 10.2 Å². The Hall–Kier alpha value is -0.570. The third-order valence-corrected chi connectivity index (χ3v) is 3.43. The number of hydrogen-bond donors (Lipinski definition) is 1. The fourth-order valence-electron chi connectivity index (χ4n) is 2.52. The molecule has 74 valence electrons. The first-order valence-corrected chi connectivity index (χ1v) is 5.24. The monoisotopic (exact) mass is 182 g/mol. The van der Waals surface area contributed by atoms with Crippen LogP contribution in [0.2, 0.25) is 0 Å². The Morgan fingerprint density at radius 1 is 1.54 bits per heavy atom. The van der Waals surface area contributed by atoms with Crippen LogP contribution in [-0.4, -0.2) is 37.0 Å². The molecule has 2 fully saturated rings. The third-order valence-electron chi connectivity index (χ3n) is 3.43. The van der Waals surface area contributed by atoms with Crippen molar-refractivity contribution in [3.63, 3.8) is 0 Å². The molecule has 0 aromatic carbocycles. The van der Waals surface area contributed by atoms with E-state index < -0.39 is 0 Å². The van der Waals surface area contributed by atoms with Crippen molar-refractivity contribution in [2.24, 2.45) is 5.41 Å². The van der Waals surface area contributed by atoms with Gasteiger partial charge in [-0.05, 0) is 19.4 Å². The van der Waals surface area contributed by atoms with Crippen molar-refractivity contribution in [1.29, 1.82) is 0 Å². The van der Waals surface area contributed by atoms with Crippen molar-refractivity contribution in [1.82, 2.24) is 10.2 Å². The maximum Gasteiger partial charge on any atom is 0.222 e. The summed E-state index contributed by atoms with van der Waals surface area (Å²) in [6.45, 7) is 6.16. The number of nitrogens with one attached hydrogen (secondary N) is 1. The molecule has 3 heteroatoms. The predicted molar refractivity (Wildman–Crippen MR) is 51.4 cm³/mol. The molecule has 0 aliphatic carbocycles. The molecule has 2 aliphatic rings. The van der Waals surface area contributed by atoms with Gasteiger partial charge in [0.15, 0.2) is 0 Å². The Bertz CT molecular complexity index is 209. The van der Waals surface area contributed by atoms with Crippen molar-refractivity contribution in [3.05, 3.63) is 0 Å². The van der Waals surface area contributed by atoms with Crippen molar-refractivity contribution in [2.75, 3.05) is 26.2 Å². The number of hydrogen-bond acceptors (Lipinski definition) is 2. The van der Waals surface area contributed by atoms with Gasteiger partial charge in [0.05, 0.1) is 0 Å². The molecule has 13 heavy (non-hydrogen) atoms. The van der Waals surface area contributed by atoms with E-state index >= 15 is 0 Å². The molecule has 0 unspecified atom stereocenters. The van der Waals surface area contributed by atoms with E-state index in [-0.39, 0.29) is 0 Å². The van der Waals surface area contributed by atoms with Crippen LogP contribution in [0.4, 0.5) is 0 Å². The molecule has 0 aromatic rings. The number of carbonyl (C=O) groups excluding carboxylic acids is 1. The molecule has 3 nitrogen and oxygen atoms in total. The number of nitrogens with zero attached hydrogens (tertiary/aromatic N) is 1. The van der Waals surface area contributed by atoms with Crippen LogP contribution in [0.1, 0.15) is 26.2 Å². The van der Waals surface area contributed by atoms with Crippen LogP contribution in [0.15, 0.2) is 0 Å². The van der Waals surface area contributed by atoms with E-state index in [1.165, 1.54) is 12.8 Å². The average Bonchev–Trinajstić information content (AvgIpc) is 2.76. The van der Waals surface area contributed by atoms with Gasteiger partial charge in [-0.1, -0.05) is 6.92 Å². The molecule has 1 amide bonds. The molecule has 0 bridgehead atoms. The maximum absolute atomic E-state index is 11.5. The first-order chi connectivity index (χ1) is 6.26.